The van der Waals surface area contributed by atoms with Gasteiger partial charge in [0, 0.05) is 6.08 Å². The molecule has 0 saturated carbocycles. The van der Waals surface area contributed by atoms with E-state index in [1.165, 1.54) is 0 Å². The molecule has 0 rings (SSSR count). The smallest absolute Gasteiger partial charge is 0.328 e. The fourth-order valence-electron chi connectivity index (χ4n) is 0.308. The van der Waals surface area contributed by atoms with Crippen molar-refractivity contribution >= 4 is 5.97 Å². The number of carbonyl (C=O) groups is 1. The average Bonchev–Trinajstić information content (AvgIpc) is 1.63. The first-order valence-electron chi connectivity index (χ1n) is 2.61. The lowest BCUT2D eigenvalue weighted by atomic mass is 10.1. The van der Waals surface area contributed by atoms with Crippen molar-refractivity contribution in [1.82, 2.24) is 0 Å². The van der Waals surface area contributed by atoms with E-state index in [-0.39, 0.29) is 0 Å². The highest BCUT2D eigenvalue weighted by Gasteiger charge is 1.92. The normalized spacial score (nSPS) is 11.1. The molecule has 0 saturated heterocycles. The Morgan fingerprint density at radius 3 is 2.11 bits per heavy atom. The van der Waals surface area contributed by atoms with Crippen LogP contribution in [0, 0.1) is 0 Å². The minimum atomic E-state index is -0.921. The van der Waals surface area contributed by atoms with Crippen LogP contribution in [0.4, 0.5) is 0 Å². The predicted octanol–water partition coefficient (Wildman–Crippen LogP) is 1.59. The second-order valence-electron chi connectivity index (χ2n) is 1.95. The van der Waals surface area contributed by atoms with Crippen LogP contribution in [0.15, 0.2) is 23.8 Å². The molecular weight excluding hydrogens is 116 g/mol. The van der Waals surface area contributed by atoms with E-state index in [1.807, 2.05) is 0 Å². The summed E-state index contributed by atoms with van der Waals surface area (Å²) in [5.41, 5.74) is 1.50. The minimum absolute atomic E-state index is 0.711. The van der Waals surface area contributed by atoms with Gasteiger partial charge >= 0.3 is 5.97 Å². The number of hydrogen-bond acceptors (Lipinski definition) is 1. The van der Waals surface area contributed by atoms with Crippen LogP contribution >= 0.6 is 0 Å². The topological polar surface area (TPSA) is 37.3 Å². The number of allylic oxidation sites excluding steroid dienone is 2. The first kappa shape index (κ1) is 7.95. The van der Waals surface area contributed by atoms with Crippen molar-refractivity contribution in [2.75, 3.05) is 0 Å². The van der Waals surface area contributed by atoms with Gasteiger partial charge in [-0.25, -0.2) is 4.79 Å². The van der Waals surface area contributed by atoms with Crippen molar-refractivity contribution in [2.45, 2.75) is 13.8 Å². The third-order valence-corrected chi connectivity index (χ3v) is 1.01. The van der Waals surface area contributed by atoms with Crippen LogP contribution < -0.4 is 0 Å². The maximum atomic E-state index is 10.00. The molecule has 0 aliphatic carbocycles. The van der Waals surface area contributed by atoms with Gasteiger partial charge in [0.2, 0.25) is 0 Å². The second-order valence-corrected chi connectivity index (χ2v) is 1.95. The van der Waals surface area contributed by atoms with Gasteiger partial charge in [0.05, 0.1) is 0 Å². The Kier molecular flexibility index (Phi) is 2.71. The molecule has 2 nitrogen and oxygen atoms in total. The Morgan fingerprint density at radius 1 is 1.56 bits per heavy atom. The lowest BCUT2D eigenvalue weighted by molar-refractivity contribution is -0.131. The first-order chi connectivity index (χ1) is 4.04. The summed E-state index contributed by atoms with van der Waals surface area (Å²) in [5, 5.41) is 8.22. The maximum Gasteiger partial charge on any atom is 0.328 e. The lowest BCUT2D eigenvalue weighted by Crippen LogP contribution is -1.89. The Morgan fingerprint density at radius 2 is 2.00 bits per heavy atom. The molecule has 0 unspecified atom stereocenters. The number of rotatable bonds is 2. The molecule has 0 aromatic carbocycles. The molecule has 0 fully saturated rings. The van der Waals surface area contributed by atoms with Gasteiger partial charge in [0.1, 0.15) is 0 Å². The largest absolute Gasteiger partial charge is 0.478 e. The summed E-state index contributed by atoms with van der Waals surface area (Å²) in [7, 11) is 0. The third-order valence-electron chi connectivity index (χ3n) is 1.01. The number of hydrogen-bond donors (Lipinski definition) is 1. The molecular formula is C7H10O2. The van der Waals surface area contributed by atoms with Gasteiger partial charge in [0.25, 0.3) is 0 Å². The summed E-state index contributed by atoms with van der Waals surface area (Å²) in [6.45, 7) is 7.07. The fraction of sp³-hybridized carbons (Fsp3) is 0.286. The summed E-state index contributed by atoms with van der Waals surface area (Å²) in [5.74, 6) is -0.921. The van der Waals surface area contributed by atoms with E-state index < -0.39 is 5.97 Å². The molecule has 0 radical (unpaired) electrons. The molecule has 0 aromatic rings. The van der Waals surface area contributed by atoms with Gasteiger partial charge < -0.3 is 5.11 Å². The molecule has 50 valence electrons. The predicted molar refractivity (Wildman–Crippen MR) is 36.2 cm³/mol. The van der Waals surface area contributed by atoms with Crippen molar-refractivity contribution in [3.05, 3.63) is 23.8 Å². The Labute approximate surface area is 54.5 Å². The van der Waals surface area contributed by atoms with Crippen molar-refractivity contribution in [3.63, 3.8) is 0 Å². The van der Waals surface area contributed by atoms with Crippen LogP contribution in [0.1, 0.15) is 13.8 Å². The van der Waals surface area contributed by atoms with E-state index in [1.54, 1.807) is 13.8 Å². The van der Waals surface area contributed by atoms with Gasteiger partial charge in [-0.1, -0.05) is 12.2 Å². The van der Waals surface area contributed by atoms with Crippen molar-refractivity contribution < 1.29 is 9.90 Å². The van der Waals surface area contributed by atoms with Crippen molar-refractivity contribution in [1.29, 1.82) is 0 Å². The molecule has 0 amide bonds. The average molecular weight is 126 g/mol. The van der Waals surface area contributed by atoms with E-state index in [0.29, 0.717) is 5.57 Å². The van der Waals surface area contributed by atoms with Gasteiger partial charge in [-0.2, -0.15) is 0 Å². The Balaban J connectivity index is 4.17. The molecule has 0 atom stereocenters. The zero-order chi connectivity index (χ0) is 7.44. The number of carboxylic acids is 1. The Bertz CT molecular complexity index is 166. The van der Waals surface area contributed by atoms with E-state index in [2.05, 4.69) is 6.58 Å². The van der Waals surface area contributed by atoms with Gasteiger partial charge in [-0.3, -0.25) is 0 Å². The number of carboxylic acid groups (broad SMARTS) is 1. The van der Waals surface area contributed by atoms with E-state index in [0.717, 1.165) is 11.6 Å². The highest BCUT2D eigenvalue weighted by atomic mass is 16.4. The van der Waals surface area contributed by atoms with Gasteiger partial charge in [0.15, 0.2) is 0 Å². The zero-order valence-corrected chi connectivity index (χ0v) is 5.64. The highest BCUT2D eigenvalue weighted by Crippen LogP contribution is 2.03. The molecule has 0 bridgehead atoms. The summed E-state index contributed by atoms with van der Waals surface area (Å²) >= 11 is 0. The second kappa shape index (κ2) is 3.07. The molecule has 0 aliphatic heterocycles. The SMILES string of the molecule is C=C(C)/C(C)=C/C(=O)O. The van der Waals surface area contributed by atoms with Crippen molar-refractivity contribution in [2.24, 2.45) is 0 Å². The fourth-order valence-corrected chi connectivity index (χ4v) is 0.308. The van der Waals surface area contributed by atoms with Crippen LogP contribution in [0.3, 0.4) is 0 Å². The quantitative estimate of drug-likeness (QED) is 0.450. The summed E-state index contributed by atoms with van der Waals surface area (Å²) in [6.07, 6.45) is 1.14. The van der Waals surface area contributed by atoms with Gasteiger partial charge in [-0.15, -0.1) is 0 Å². The van der Waals surface area contributed by atoms with E-state index in [9.17, 15) is 4.79 Å². The molecule has 0 heterocycles. The zero-order valence-electron chi connectivity index (χ0n) is 5.64. The van der Waals surface area contributed by atoms with Crippen molar-refractivity contribution in [3.8, 4) is 0 Å². The van der Waals surface area contributed by atoms with E-state index in [4.69, 9.17) is 5.11 Å². The van der Waals surface area contributed by atoms with Crippen LogP contribution in [0.5, 0.6) is 0 Å². The molecule has 9 heavy (non-hydrogen) atoms. The van der Waals surface area contributed by atoms with Crippen LogP contribution in [-0.2, 0) is 4.79 Å². The molecule has 2 heteroatoms. The number of aliphatic carboxylic acids is 1. The lowest BCUT2D eigenvalue weighted by Gasteiger charge is -1.93. The summed E-state index contributed by atoms with van der Waals surface area (Å²) in [6, 6.07) is 0. The summed E-state index contributed by atoms with van der Waals surface area (Å²) in [4.78, 5) is 10.00. The first-order valence-corrected chi connectivity index (χ1v) is 2.61. The third kappa shape index (κ3) is 3.53. The molecule has 0 aliphatic rings. The van der Waals surface area contributed by atoms with E-state index >= 15 is 0 Å². The Hall–Kier alpha value is -1.05. The van der Waals surface area contributed by atoms with Gasteiger partial charge in [-0.05, 0) is 19.4 Å². The summed E-state index contributed by atoms with van der Waals surface area (Å²) < 4.78 is 0. The highest BCUT2D eigenvalue weighted by molar-refractivity contribution is 5.81. The maximum absolute atomic E-state index is 10.00. The molecule has 0 aromatic heterocycles. The molecule has 1 N–H and O–H groups in total. The van der Waals surface area contributed by atoms with Crippen LogP contribution in [0.2, 0.25) is 0 Å². The monoisotopic (exact) mass is 126 g/mol. The minimum Gasteiger partial charge on any atom is -0.478 e. The van der Waals surface area contributed by atoms with Crippen LogP contribution in [0.25, 0.3) is 0 Å². The standard InChI is InChI=1S/C7H10O2/c1-5(2)6(3)4-7(8)9/h4H,1H2,2-3H3,(H,8,9)/b6-4+. The van der Waals surface area contributed by atoms with Crippen LogP contribution in [-0.4, -0.2) is 11.1 Å². The molecule has 0 spiro atoms.